The summed E-state index contributed by atoms with van der Waals surface area (Å²) in [6, 6.07) is 7.09. The van der Waals surface area contributed by atoms with Crippen LogP contribution in [0.3, 0.4) is 0 Å². The summed E-state index contributed by atoms with van der Waals surface area (Å²) in [5.41, 5.74) is 1.35. The van der Waals surface area contributed by atoms with Crippen molar-refractivity contribution in [2.45, 2.75) is 25.6 Å². The average molecular weight is 496 g/mol. The highest BCUT2D eigenvalue weighted by molar-refractivity contribution is 5.92. The highest BCUT2D eigenvalue weighted by atomic mass is 16.7. The number of rotatable bonds is 16. The Labute approximate surface area is 206 Å². The van der Waals surface area contributed by atoms with Crippen molar-refractivity contribution in [2.24, 2.45) is 5.92 Å². The van der Waals surface area contributed by atoms with Crippen LogP contribution in [0.2, 0.25) is 0 Å². The molecule has 0 saturated carbocycles. The monoisotopic (exact) mass is 495 g/mol. The second-order valence-corrected chi connectivity index (χ2v) is 7.76. The lowest BCUT2D eigenvalue weighted by molar-refractivity contribution is -0.168. The largest absolute Gasteiger partial charge is 0.465 e. The van der Waals surface area contributed by atoms with E-state index in [1.807, 2.05) is 19.1 Å². The van der Waals surface area contributed by atoms with E-state index in [1.54, 1.807) is 25.3 Å². The second kappa shape index (κ2) is 16.2. The summed E-state index contributed by atoms with van der Waals surface area (Å²) in [6.07, 6.45) is 1.73. The van der Waals surface area contributed by atoms with Gasteiger partial charge in [0.05, 0.1) is 45.7 Å². The van der Waals surface area contributed by atoms with Gasteiger partial charge in [0.1, 0.15) is 0 Å². The van der Waals surface area contributed by atoms with Crippen LogP contribution < -0.4 is 5.32 Å². The van der Waals surface area contributed by atoms with Crippen LogP contribution >= 0.6 is 0 Å². The van der Waals surface area contributed by atoms with E-state index in [1.165, 1.54) is 7.11 Å². The molecule has 0 radical (unpaired) electrons. The van der Waals surface area contributed by atoms with Crippen molar-refractivity contribution in [2.75, 3.05) is 67.0 Å². The number of benzene rings is 1. The first-order valence-electron chi connectivity index (χ1n) is 11.8. The number of carbonyl (C=O) groups excluding carboxylic acids is 2. The van der Waals surface area contributed by atoms with Gasteiger partial charge >= 0.3 is 5.97 Å². The summed E-state index contributed by atoms with van der Waals surface area (Å²) < 4.78 is 32.6. The molecule has 10 heteroatoms. The van der Waals surface area contributed by atoms with Gasteiger partial charge in [-0.1, -0.05) is 12.1 Å². The Kier molecular flexibility index (Phi) is 13.3. The summed E-state index contributed by atoms with van der Waals surface area (Å²) in [4.78, 5) is 24.6. The molecule has 1 aliphatic heterocycles. The summed E-state index contributed by atoms with van der Waals surface area (Å²) in [5, 5.41) is 11.6. The van der Waals surface area contributed by atoms with E-state index >= 15 is 0 Å². The third kappa shape index (κ3) is 9.23. The molecular weight excluding hydrogens is 458 g/mol. The molecule has 2 rings (SSSR count). The minimum Gasteiger partial charge on any atom is -0.465 e. The lowest BCUT2D eigenvalue weighted by Crippen LogP contribution is -2.40. The lowest BCUT2D eigenvalue weighted by atomic mass is 9.81. The first kappa shape index (κ1) is 28.7. The quantitative estimate of drug-likeness (QED) is 0.260. The molecule has 0 fully saturated rings. The fraction of sp³-hybridized carbons (Fsp3) is 0.600. The molecule has 1 heterocycles. The van der Waals surface area contributed by atoms with E-state index < -0.39 is 12.3 Å². The molecule has 0 aromatic heterocycles. The highest BCUT2D eigenvalue weighted by Gasteiger charge is 2.38. The normalized spacial score (nSPS) is 19.5. The third-order valence-electron chi connectivity index (χ3n) is 5.45. The van der Waals surface area contributed by atoms with E-state index in [9.17, 15) is 9.59 Å². The zero-order valence-electron chi connectivity index (χ0n) is 20.7. The number of aliphatic hydroxyl groups is 1. The van der Waals surface area contributed by atoms with Crippen LogP contribution in [0.15, 0.2) is 36.1 Å². The van der Waals surface area contributed by atoms with Gasteiger partial charge in [0.25, 0.3) is 5.91 Å². The predicted octanol–water partition coefficient (Wildman–Crippen LogP) is 1.63. The standard InChI is InChI=1S/C25H37NO9/c1-4-34-25-20(9-12-32-15-16-33-14-11-27)21(17-22(35-25)23(28)26-10-13-30-2)18-5-7-19(8-6-18)24(29)31-3/h5-8,17,20-21,25,27H,4,9-16H2,1-3H3,(H,26,28)/t20-,21+,25+/m0/s1. The number of carbonyl (C=O) groups is 2. The fourth-order valence-electron chi connectivity index (χ4n) is 3.74. The number of nitrogens with one attached hydrogen (secondary N) is 1. The van der Waals surface area contributed by atoms with Gasteiger partial charge in [-0.25, -0.2) is 4.79 Å². The number of hydrogen-bond acceptors (Lipinski definition) is 9. The number of methoxy groups -OCH3 is 2. The van der Waals surface area contributed by atoms with Gasteiger partial charge in [0.2, 0.25) is 6.29 Å². The molecule has 0 spiro atoms. The van der Waals surface area contributed by atoms with E-state index in [4.69, 9.17) is 33.5 Å². The van der Waals surface area contributed by atoms with Crippen LogP contribution in [0.1, 0.15) is 35.2 Å². The number of hydrogen-bond donors (Lipinski definition) is 2. The minimum absolute atomic E-state index is 0.0282. The Morgan fingerprint density at radius 1 is 1.03 bits per heavy atom. The number of esters is 1. The van der Waals surface area contributed by atoms with E-state index in [-0.39, 0.29) is 36.7 Å². The fourth-order valence-corrected chi connectivity index (χ4v) is 3.74. The van der Waals surface area contributed by atoms with Crippen molar-refractivity contribution >= 4 is 11.9 Å². The summed E-state index contributed by atoms with van der Waals surface area (Å²) in [5.74, 6) is -0.954. The maximum atomic E-state index is 12.7. The van der Waals surface area contributed by atoms with E-state index in [0.29, 0.717) is 51.6 Å². The Morgan fingerprint density at radius 2 is 1.74 bits per heavy atom. The first-order chi connectivity index (χ1) is 17.0. The lowest BCUT2D eigenvalue weighted by Gasteiger charge is -2.37. The average Bonchev–Trinajstić information content (AvgIpc) is 2.88. The van der Waals surface area contributed by atoms with Gasteiger partial charge in [0, 0.05) is 38.7 Å². The van der Waals surface area contributed by atoms with Crippen molar-refractivity contribution in [1.82, 2.24) is 5.32 Å². The molecule has 0 unspecified atom stereocenters. The maximum Gasteiger partial charge on any atom is 0.337 e. The molecular formula is C25H37NO9. The van der Waals surface area contributed by atoms with Gasteiger partial charge in [-0.2, -0.15) is 0 Å². The topological polar surface area (TPSA) is 122 Å². The van der Waals surface area contributed by atoms with E-state index in [2.05, 4.69) is 5.32 Å². The van der Waals surface area contributed by atoms with Crippen molar-refractivity contribution in [3.63, 3.8) is 0 Å². The number of aliphatic hydroxyl groups excluding tert-OH is 1. The van der Waals surface area contributed by atoms with Crippen LogP contribution in [0.4, 0.5) is 0 Å². The Bertz CT molecular complexity index is 797. The van der Waals surface area contributed by atoms with Crippen LogP contribution in [-0.4, -0.2) is 90.3 Å². The van der Waals surface area contributed by atoms with Gasteiger partial charge in [0.15, 0.2) is 5.76 Å². The summed E-state index contributed by atoms with van der Waals surface area (Å²) in [7, 11) is 2.90. The van der Waals surface area contributed by atoms with Crippen molar-refractivity contribution in [1.29, 1.82) is 0 Å². The van der Waals surface area contributed by atoms with Crippen LogP contribution in [-0.2, 0) is 33.2 Å². The molecule has 10 nitrogen and oxygen atoms in total. The molecule has 1 amide bonds. The molecule has 196 valence electrons. The smallest absolute Gasteiger partial charge is 0.337 e. The van der Waals surface area contributed by atoms with Crippen LogP contribution in [0, 0.1) is 5.92 Å². The molecule has 1 aliphatic rings. The minimum atomic E-state index is -0.660. The number of amides is 1. The second-order valence-electron chi connectivity index (χ2n) is 7.76. The Morgan fingerprint density at radius 3 is 2.37 bits per heavy atom. The molecule has 1 aromatic rings. The SMILES string of the molecule is CCO[C@@H]1OC(C(=O)NCCOC)=C[C@H](c2ccc(C(=O)OC)cc2)[C@@H]1CCOCCOCCO. The highest BCUT2D eigenvalue weighted by Crippen LogP contribution is 2.39. The molecule has 35 heavy (non-hydrogen) atoms. The van der Waals surface area contributed by atoms with Gasteiger partial charge in [-0.15, -0.1) is 0 Å². The van der Waals surface area contributed by atoms with Crippen LogP contribution in [0.5, 0.6) is 0 Å². The molecule has 0 saturated heterocycles. The number of ether oxygens (including phenoxy) is 6. The Balaban J connectivity index is 2.23. The zero-order valence-corrected chi connectivity index (χ0v) is 20.7. The number of allylic oxidation sites excluding steroid dienone is 1. The predicted molar refractivity (Wildman–Crippen MR) is 127 cm³/mol. The van der Waals surface area contributed by atoms with Crippen molar-refractivity contribution in [3.05, 3.63) is 47.2 Å². The summed E-state index contributed by atoms with van der Waals surface area (Å²) >= 11 is 0. The van der Waals surface area contributed by atoms with Crippen LogP contribution in [0.25, 0.3) is 0 Å². The van der Waals surface area contributed by atoms with Gasteiger partial charge in [-0.3, -0.25) is 4.79 Å². The Hall–Kier alpha value is -2.50. The van der Waals surface area contributed by atoms with Crippen molar-refractivity contribution in [3.8, 4) is 0 Å². The molecule has 2 N–H and O–H groups in total. The zero-order chi connectivity index (χ0) is 25.5. The summed E-state index contributed by atoms with van der Waals surface area (Å²) in [6.45, 7) is 4.47. The van der Waals surface area contributed by atoms with Gasteiger partial charge < -0.3 is 38.8 Å². The molecule has 3 atom stereocenters. The third-order valence-corrected chi connectivity index (χ3v) is 5.45. The molecule has 1 aromatic carbocycles. The molecule has 0 bridgehead atoms. The molecule has 0 aliphatic carbocycles. The van der Waals surface area contributed by atoms with Crippen molar-refractivity contribution < 1.29 is 43.1 Å². The van der Waals surface area contributed by atoms with E-state index in [0.717, 1.165) is 5.56 Å². The van der Waals surface area contributed by atoms with Gasteiger partial charge in [-0.05, 0) is 37.1 Å². The maximum absolute atomic E-state index is 12.7. The first-order valence-corrected chi connectivity index (χ1v) is 11.8.